The van der Waals surface area contributed by atoms with E-state index < -0.39 is 0 Å². The molecule has 1 aliphatic carbocycles. The average molecular weight is 318 g/mol. The Kier molecular flexibility index (Phi) is 4.50. The van der Waals surface area contributed by atoms with Gasteiger partial charge >= 0.3 is 0 Å². The summed E-state index contributed by atoms with van der Waals surface area (Å²) in [5.74, 6) is 0.112. The molecule has 94 valence electrons. The van der Waals surface area contributed by atoms with E-state index in [9.17, 15) is 4.79 Å². The molecule has 1 heterocycles. The molecule has 0 N–H and O–H groups in total. The van der Waals surface area contributed by atoms with Crippen LogP contribution in [0, 0.1) is 0 Å². The highest BCUT2D eigenvalue weighted by Crippen LogP contribution is 2.27. The molecule has 0 radical (unpaired) electrons. The maximum atomic E-state index is 12.4. The van der Waals surface area contributed by atoms with E-state index in [1.807, 2.05) is 11.8 Å². The Morgan fingerprint density at radius 1 is 1.59 bits per heavy atom. The third-order valence-electron chi connectivity index (χ3n) is 3.19. The Bertz CT molecular complexity index is 392. The molecule has 1 fully saturated rings. The number of aryl methyl sites for hydroxylation is 1. The van der Waals surface area contributed by atoms with Crippen LogP contribution in [0.25, 0.3) is 0 Å². The molecular weight excluding hydrogens is 302 g/mol. The number of alkyl halides is 1. The fourth-order valence-electron chi connectivity index (χ4n) is 1.97. The Labute approximate surface area is 114 Å². The summed E-state index contributed by atoms with van der Waals surface area (Å²) in [5.41, 5.74) is 0.832. The minimum atomic E-state index is 0.112. The van der Waals surface area contributed by atoms with Crippen molar-refractivity contribution in [2.45, 2.75) is 38.6 Å². The van der Waals surface area contributed by atoms with Gasteiger partial charge in [-0.3, -0.25) is 4.79 Å². The van der Waals surface area contributed by atoms with Gasteiger partial charge in [0.1, 0.15) is 4.88 Å². The molecule has 0 saturated heterocycles. The molecular formula is C11H16BrN3OS. The first-order valence-electron chi connectivity index (χ1n) is 5.96. The summed E-state index contributed by atoms with van der Waals surface area (Å²) < 4.78 is 3.89. The Balaban J connectivity index is 2.15. The fourth-order valence-corrected chi connectivity index (χ4v) is 3.06. The quantitative estimate of drug-likeness (QED) is 0.784. The minimum Gasteiger partial charge on any atom is -0.334 e. The number of carbonyl (C=O) groups is 1. The van der Waals surface area contributed by atoms with Gasteiger partial charge in [0.25, 0.3) is 5.91 Å². The van der Waals surface area contributed by atoms with Crippen LogP contribution in [0.5, 0.6) is 0 Å². The lowest BCUT2D eigenvalue weighted by atomic mass is 9.91. The van der Waals surface area contributed by atoms with Crippen molar-refractivity contribution in [3.05, 3.63) is 10.6 Å². The van der Waals surface area contributed by atoms with E-state index in [-0.39, 0.29) is 5.91 Å². The van der Waals surface area contributed by atoms with Crippen molar-refractivity contribution < 1.29 is 4.79 Å². The molecule has 17 heavy (non-hydrogen) atoms. The maximum Gasteiger partial charge on any atom is 0.267 e. The zero-order valence-electron chi connectivity index (χ0n) is 9.86. The van der Waals surface area contributed by atoms with Crippen molar-refractivity contribution in [3.8, 4) is 0 Å². The summed E-state index contributed by atoms with van der Waals surface area (Å²) in [7, 11) is 0. The van der Waals surface area contributed by atoms with Gasteiger partial charge in [-0.05, 0) is 37.2 Å². The third kappa shape index (κ3) is 2.68. The van der Waals surface area contributed by atoms with Crippen molar-refractivity contribution >= 4 is 33.4 Å². The fraction of sp³-hybridized carbons (Fsp3) is 0.727. The summed E-state index contributed by atoms with van der Waals surface area (Å²) in [6.07, 6.45) is 4.27. The Hall–Kier alpha value is -0.490. The molecule has 1 amide bonds. The van der Waals surface area contributed by atoms with Gasteiger partial charge in [-0.1, -0.05) is 27.3 Å². The monoisotopic (exact) mass is 317 g/mol. The number of hydrogen-bond donors (Lipinski definition) is 0. The first-order chi connectivity index (χ1) is 8.27. The third-order valence-corrected chi connectivity index (χ3v) is 4.30. The highest BCUT2D eigenvalue weighted by Gasteiger charge is 2.30. The number of carbonyl (C=O) groups excluding carboxylic acids is 1. The molecule has 6 heteroatoms. The number of halogens is 1. The van der Waals surface area contributed by atoms with Crippen molar-refractivity contribution in [2.75, 3.05) is 11.9 Å². The lowest BCUT2D eigenvalue weighted by Gasteiger charge is -2.37. The SMILES string of the molecule is CCc1nnsc1C(=O)N(CCBr)C1CCC1. The first kappa shape index (κ1) is 13.0. The van der Waals surface area contributed by atoms with Gasteiger partial charge in [-0.2, -0.15) is 0 Å². The normalized spacial score (nSPS) is 15.6. The van der Waals surface area contributed by atoms with Gasteiger partial charge < -0.3 is 4.90 Å². The summed E-state index contributed by atoms with van der Waals surface area (Å²) in [4.78, 5) is 15.1. The van der Waals surface area contributed by atoms with Crippen molar-refractivity contribution in [1.82, 2.24) is 14.5 Å². The van der Waals surface area contributed by atoms with Crippen LogP contribution < -0.4 is 0 Å². The largest absolute Gasteiger partial charge is 0.334 e. The van der Waals surface area contributed by atoms with Crippen LogP contribution in [0.4, 0.5) is 0 Å². The second-order valence-corrected chi connectivity index (χ2v) is 5.72. The summed E-state index contributed by atoms with van der Waals surface area (Å²) in [5, 5.41) is 4.83. The molecule has 0 spiro atoms. The van der Waals surface area contributed by atoms with Crippen LogP contribution in [0.2, 0.25) is 0 Å². The zero-order chi connectivity index (χ0) is 12.3. The second kappa shape index (κ2) is 5.91. The highest BCUT2D eigenvalue weighted by atomic mass is 79.9. The van der Waals surface area contributed by atoms with Gasteiger partial charge in [-0.15, -0.1) is 5.10 Å². The second-order valence-electron chi connectivity index (χ2n) is 4.17. The maximum absolute atomic E-state index is 12.4. The van der Waals surface area contributed by atoms with Crippen molar-refractivity contribution in [2.24, 2.45) is 0 Å². The van der Waals surface area contributed by atoms with E-state index in [1.54, 1.807) is 0 Å². The lowest BCUT2D eigenvalue weighted by Crippen LogP contribution is -2.45. The number of rotatable bonds is 5. The molecule has 2 rings (SSSR count). The molecule has 4 nitrogen and oxygen atoms in total. The van der Waals surface area contributed by atoms with E-state index in [1.165, 1.54) is 18.0 Å². The van der Waals surface area contributed by atoms with E-state index >= 15 is 0 Å². The van der Waals surface area contributed by atoms with E-state index in [0.29, 0.717) is 6.04 Å². The lowest BCUT2D eigenvalue weighted by molar-refractivity contribution is 0.0603. The first-order valence-corrected chi connectivity index (χ1v) is 7.85. The van der Waals surface area contributed by atoms with Crippen LogP contribution in [0.3, 0.4) is 0 Å². The van der Waals surface area contributed by atoms with Crippen LogP contribution in [0.15, 0.2) is 0 Å². The molecule has 0 aromatic carbocycles. The molecule has 1 aliphatic rings. The van der Waals surface area contributed by atoms with Crippen molar-refractivity contribution in [1.29, 1.82) is 0 Å². The molecule has 1 saturated carbocycles. The number of hydrogen-bond acceptors (Lipinski definition) is 4. The van der Waals surface area contributed by atoms with Crippen molar-refractivity contribution in [3.63, 3.8) is 0 Å². The molecule has 1 aromatic rings. The summed E-state index contributed by atoms with van der Waals surface area (Å²) in [6.45, 7) is 2.77. The van der Waals surface area contributed by atoms with Gasteiger partial charge in [0.15, 0.2) is 0 Å². The van der Waals surface area contributed by atoms with Crippen LogP contribution >= 0.6 is 27.5 Å². The van der Waals surface area contributed by atoms with Crippen LogP contribution in [-0.4, -0.2) is 38.3 Å². The smallest absolute Gasteiger partial charge is 0.267 e. The molecule has 0 unspecified atom stereocenters. The highest BCUT2D eigenvalue weighted by molar-refractivity contribution is 9.09. The van der Waals surface area contributed by atoms with Crippen LogP contribution in [0.1, 0.15) is 41.6 Å². The Morgan fingerprint density at radius 2 is 2.35 bits per heavy atom. The molecule has 1 aromatic heterocycles. The predicted octanol–water partition coefficient (Wildman–Crippen LogP) is 2.49. The van der Waals surface area contributed by atoms with Crippen LogP contribution in [-0.2, 0) is 6.42 Å². The summed E-state index contributed by atoms with van der Waals surface area (Å²) in [6, 6.07) is 0.423. The Morgan fingerprint density at radius 3 is 2.88 bits per heavy atom. The van der Waals surface area contributed by atoms with Gasteiger partial charge in [0.2, 0.25) is 0 Å². The number of amides is 1. The minimum absolute atomic E-state index is 0.112. The van der Waals surface area contributed by atoms with Gasteiger partial charge in [0, 0.05) is 17.9 Å². The van der Waals surface area contributed by atoms with E-state index in [2.05, 4.69) is 25.5 Å². The van der Waals surface area contributed by atoms with E-state index in [0.717, 1.165) is 41.7 Å². The van der Waals surface area contributed by atoms with E-state index in [4.69, 9.17) is 0 Å². The number of aromatic nitrogens is 2. The van der Waals surface area contributed by atoms with Gasteiger partial charge in [0.05, 0.1) is 5.69 Å². The predicted molar refractivity (Wildman–Crippen MR) is 71.8 cm³/mol. The number of nitrogens with zero attached hydrogens (tertiary/aromatic N) is 3. The van der Waals surface area contributed by atoms with Gasteiger partial charge in [-0.25, -0.2) is 0 Å². The molecule has 0 atom stereocenters. The standard InChI is InChI=1S/C11H16BrN3OS/c1-2-9-10(17-14-13-9)11(16)15(7-6-12)8-4-3-5-8/h8H,2-7H2,1H3. The molecule has 0 bridgehead atoms. The molecule has 0 aliphatic heterocycles. The zero-order valence-corrected chi connectivity index (χ0v) is 12.3. The topological polar surface area (TPSA) is 46.1 Å². The average Bonchev–Trinajstić information content (AvgIpc) is 2.73. The summed E-state index contributed by atoms with van der Waals surface area (Å²) >= 11 is 4.64.